The van der Waals surface area contributed by atoms with Gasteiger partial charge < -0.3 is 4.90 Å². The zero-order valence-corrected chi connectivity index (χ0v) is 12.9. The molecule has 0 aliphatic carbocycles. The summed E-state index contributed by atoms with van der Waals surface area (Å²) in [5.41, 5.74) is 1.39. The molecule has 1 aliphatic heterocycles. The molecule has 7 nitrogen and oxygen atoms in total. The minimum absolute atomic E-state index is 0.144. The Bertz CT molecular complexity index is 789. The van der Waals surface area contributed by atoms with E-state index in [2.05, 4.69) is 22.3 Å². The van der Waals surface area contributed by atoms with Crippen LogP contribution in [0.2, 0.25) is 5.02 Å². The van der Waals surface area contributed by atoms with Crippen LogP contribution in [0.15, 0.2) is 6.20 Å². The highest BCUT2D eigenvalue weighted by Gasteiger charge is 2.24. The maximum absolute atomic E-state index is 9.26. The van der Waals surface area contributed by atoms with Crippen LogP contribution >= 0.6 is 11.6 Å². The molecule has 0 spiro atoms. The highest BCUT2D eigenvalue weighted by molar-refractivity contribution is 6.32. The number of anilines is 1. The van der Waals surface area contributed by atoms with E-state index in [-0.39, 0.29) is 6.54 Å². The van der Waals surface area contributed by atoms with Crippen molar-refractivity contribution in [2.24, 2.45) is 0 Å². The maximum Gasteiger partial charge on any atom is 0.196 e. The molecule has 8 heteroatoms. The Morgan fingerprint density at radius 3 is 2.91 bits per heavy atom. The first-order valence-corrected chi connectivity index (χ1v) is 7.37. The molecule has 1 aliphatic rings. The topological polar surface area (TPSA) is 86.5 Å². The summed E-state index contributed by atoms with van der Waals surface area (Å²) in [6.07, 6.45) is 4.53. The summed E-state index contributed by atoms with van der Waals surface area (Å²) in [5.74, 6) is 1.04. The van der Waals surface area contributed by atoms with E-state index in [1.807, 2.05) is 4.68 Å². The van der Waals surface area contributed by atoms with Crippen LogP contribution in [0, 0.1) is 22.7 Å². The largest absolute Gasteiger partial charge is 0.345 e. The number of hydrogen-bond acceptors (Lipinski definition) is 5. The van der Waals surface area contributed by atoms with Crippen molar-refractivity contribution >= 4 is 17.4 Å². The van der Waals surface area contributed by atoms with Gasteiger partial charge in [-0.1, -0.05) is 11.6 Å². The van der Waals surface area contributed by atoms with Gasteiger partial charge in [0.15, 0.2) is 11.6 Å². The fourth-order valence-corrected chi connectivity index (χ4v) is 3.01. The van der Waals surface area contributed by atoms with Gasteiger partial charge in [-0.3, -0.25) is 4.68 Å². The molecule has 112 valence electrons. The van der Waals surface area contributed by atoms with Crippen LogP contribution in [0.3, 0.4) is 0 Å². The van der Waals surface area contributed by atoms with Crippen LogP contribution in [0.4, 0.5) is 5.82 Å². The third-order valence-electron chi connectivity index (χ3n) is 3.74. The Hall–Kier alpha value is -2.51. The standard InChI is InChI=1S/C14H14ClN7/c1-20(7-5-16)14-10(8-17)9-18-22(14)13-12(15)11-4-2-3-6-21(11)19-13/h9H,2-4,6-7H2,1H3. The van der Waals surface area contributed by atoms with E-state index in [0.29, 0.717) is 22.2 Å². The second kappa shape index (κ2) is 5.70. The predicted octanol–water partition coefficient (Wildman–Crippen LogP) is 1.89. The minimum Gasteiger partial charge on any atom is -0.345 e. The van der Waals surface area contributed by atoms with Crippen molar-refractivity contribution in [1.82, 2.24) is 19.6 Å². The van der Waals surface area contributed by atoms with E-state index in [1.54, 1.807) is 16.6 Å². The van der Waals surface area contributed by atoms with Crippen molar-refractivity contribution in [2.75, 3.05) is 18.5 Å². The lowest BCUT2D eigenvalue weighted by atomic mass is 10.1. The number of nitrogens with zero attached hydrogens (tertiary/aromatic N) is 7. The molecule has 0 N–H and O–H groups in total. The lowest BCUT2D eigenvalue weighted by molar-refractivity contribution is 0.484. The van der Waals surface area contributed by atoms with Gasteiger partial charge in [-0.2, -0.15) is 25.4 Å². The Morgan fingerprint density at radius 1 is 1.41 bits per heavy atom. The van der Waals surface area contributed by atoms with Gasteiger partial charge in [-0.05, 0) is 19.3 Å². The summed E-state index contributed by atoms with van der Waals surface area (Å²) in [5, 5.41) is 27.5. The normalized spacial score (nSPS) is 13.3. The van der Waals surface area contributed by atoms with Crippen LogP contribution in [-0.4, -0.2) is 33.2 Å². The number of hydrogen-bond donors (Lipinski definition) is 0. The molecule has 2 aromatic heterocycles. The first kappa shape index (κ1) is 14.4. The summed E-state index contributed by atoms with van der Waals surface area (Å²) >= 11 is 6.47. The fourth-order valence-electron chi connectivity index (χ4n) is 2.70. The number of halogens is 1. The van der Waals surface area contributed by atoms with E-state index in [9.17, 15) is 5.26 Å². The fraction of sp³-hybridized carbons (Fsp3) is 0.429. The summed E-state index contributed by atoms with van der Waals surface area (Å²) in [7, 11) is 1.74. The SMILES string of the molecule is CN(CC#N)c1c(C#N)cnn1-c1nn2c(c1Cl)CCCC2. The van der Waals surface area contributed by atoms with Crippen LogP contribution in [0.1, 0.15) is 24.1 Å². The number of rotatable bonds is 3. The molecule has 3 rings (SSSR count). The lowest BCUT2D eigenvalue weighted by Crippen LogP contribution is -2.21. The zero-order chi connectivity index (χ0) is 15.7. The molecule has 0 radical (unpaired) electrons. The number of nitriles is 2. The summed E-state index contributed by atoms with van der Waals surface area (Å²) in [4.78, 5) is 1.67. The first-order chi connectivity index (χ1) is 10.7. The van der Waals surface area contributed by atoms with Gasteiger partial charge in [-0.25, -0.2) is 0 Å². The third kappa shape index (κ3) is 2.20. The average molecular weight is 316 g/mol. The van der Waals surface area contributed by atoms with Crippen LogP contribution in [0.5, 0.6) is 0 Å². The van der Waals surface area contributed by atoms with Gasteiger partial charge in [-0.15, -0.1) is 0 Å². The number of aromatic nitrogens is 4. The Kier molecular flexibility index (Phi) is 3.74. The van der Waals surface area contributed by atoms with E-state index < -0.39 is 0 Å². The summed E-state index contributed by atoms with van der Waals surface area (Å²) < 4.78 is 3.45. The molecular weight excluding hydrogens is 302 g/mol. The molecule has 0 fully saturated rings. The van der Waals surface area contributed by atoms with Crippen molar-refractivity contribution < 1.29 is 0 Å². The monoisotopic (exact) mass is 315 g/mol. The second-order valence-electron chi connectivity index (χ2n) is 5.18. The molecule has 0 saturated carbocycles. The number of aryl methyl sites for hydroxylation is 1. The molecule has 0 saturated heterocycles. The molecule has 0 amide bonds. The quantitative estimate of drug-likeness (QED) is 0.807. The first-order valence-electron chi connectivity index (χ1n) is 6.99. The van der Waals surface area contributed by atoms with Gasteiger partial charge in [0.1, 0.15) is 23.2 Å². The Labute approximate surface area is 132 Å². The van der Waals surface area contributed by atoms with Crippen molar-refractivity contribution in [1.29, 1.82) is 10.5 Å². The van der Waals surface area contributed by atoms with E-state index >= 15 is 0 Å². The molecule has 22 heavy (non-hydrogen) atoms. The molecular formula is C14H14ClN7. The third-order valence-corrected chi connectivity index (χ3v) is 4.13. The number of fused-ring (bicyclic) bond motifs is 1. The van der Waals surface area contributed by atoms with E-state index in [4.69, 9.17) is 16.9 Å². The molecule has 0 aromatic carbocycles. The van der Waals surface area contributed by atoms with Crippen molar-refractivity contribution in [3.63, 3.8) is 0 Å². The summed E-state index contributed by atoms with van der Waals surface area (Å²) in [6.45, 7) is 0.982. The van der Waals surface area contributed by atoms with Gasteiger partial charge in [0.05, 0.1) is 18.0 Å². The Morgan fingerprint density at radius 2 is 2.23 bits per heavy atom. The lowest BCUT2D eigenvalue weighted by Gasteiger charge is -2.16. The predicted molar refractivity (Wildman–Crippen MR) is 80.9 cm³/mol. The van der Waals surface area contributed by atoms with Crippen LogP contribution in [-0.2, 0) is 13.0 Å². The molecule has 0 unspecified atom stereocenters. The van der Waals surface area contributed by atoms with E-state index in [1.165, 1.54) is 6.20 Å². The second-order valence-corrected chi connectivity index (χ2v) is 5.56. The van der Waals surface area contributed by atoms with Crippen LogP contribution < -0.4 is 4.90 Å². The zero-order valence-electron chi connectivity index (χ0n) is 12.1. The highest BCUT2D eigenvalue weighted by atomic mass is 35.5. The molecule has 0 bridgehead atoms. The van der Waals surface area contributed by atoms with Gasteiger partial charge in [0.25, 0.3) is 0 Å². The summed E-state index contributed by atoms with van der Waals surface area (Å²) in [6, 6.07) is 4.16. The average Bonchev–Trinajstić information content (AvgIpc) is 3.09. The minimum atomic E-state index is 0.144. The smallest absolute Gasteiger partial charge is 0.196 e. The van der Waals surface area contributed by atoms with Crippen molar-refractivity contribution in [3.05, 3.63) is 22.5 Å². The van der Waals surface area contributed by atoms with Gasteiger partial charge in [0, 0.05) is 13.6 Å². The van der Waals surface area contributed by atoms with E-state index in [0.717, 1.165) is 31.5 Å². The molecule has 3 heterocycles. The Balaban J connectivity index is 2.14. The van der Waals surface area contributed by atoms with Crippen molar-refractivity contribution in [2.45, 2.75) is 25.8 Å². The van der Waals surface area contributed by atoms with Crippen molar-refractivity contribution in [3.8, 4) is 18.0 Å². The molecule has 0 atom stereocenters. The van der Waals surface area contributed by atoms with Crippen LogP contribution in [0.25, 0.3) is 5.82 Å². The maximum atomic E-state index is 9.26. The van der Waals surface area contributed by atoms with Gasteiger partial charge >= 0.3 is 0 Å². The van der Waals surface area contributed by atoms with Gasteiger partial charge in [0.2, 0.25) is 0 Å². The highest BCUT2D eigenvalue weighted by Crippen LogP contribution is 2.31. The molecule has 2 aromatic rings.